The van der Waals surface area contributed by atoms with Gasteiger partial charge in [-0.3, -0.25) is 5.41 Å². The lowest BCUT2D eigenvalue weighted by Gasteiger charge is -2.22. The van der Waals surface area contributed by atoms with Crippen LogP contribution in [0, 0.1) is 5.41 Å². The fourth-order valence-electron chi connectivity index (χ4n) is 2.80. The van der Waals surface area contributed by atoms with E-state index in [4.69, 9.17) is 25.4 Å². The summed E-state index contributed by atoms with van der Waals surface area (Å²) >= 11 is 0. The van der Waals surface area contributed by atoms with E-state index in [2.05, 4.69) is 15.0 Å². The van der Waals surface area contributed by atoms with Crippen LogP contribution in [0.3, 0.4) is 0 Å². The Morgan fingerprint density at radius 1 is 1.11 bits per heavy atom. The number of hydrogen-bond acceptors (Lipinski definition) is 10. The third-order valence-corrected chi connectivity index (χ3v) is 4.13. The van der Waals surface area contributed by atoms with E-state index in [1.165, 1.54) is 13.3 Å². The maximum absolute atomic E-state index is 10.2. The van der Waals surface area contributed by atoms with Gasteiger partial charge in [-0.1, -0.05) is 0 Å². The maximum atomic E-state index is 10.2. The molecule has 0 radical (unpaired) electrons. The zero-order chi connectivity index (χ0) is 20.4. The van der Waals surface area contributed by atoms with Crippen molar-refractivity contribution in [1.82, 2.24) is 19.7 Å². The lowest BCUT2D eigenvalue weighted by Crippen LogP contribution is -2.23. The number of aromatic nitrogens is 4. The highest BCUT2D eigenvalue weighted by Crippen LogP contribution is 2.41. The van der Waals surface area contributed by atoms with Crippen LogP contribution in [-0.2, 0) is 6.54 Å². The normalized spacial score (nSPS) is 10.7. The van der Waals surface area contributed by atoms with Gasteiger partial charge in [0.2, 0.25) is 17.2 Å². The van der Waals surface area contributed by atoms with Gasteiger partial charge in [0.05, 0.1) is 39.8 Å². The summed E-state index contributed by atoms with van der Waals surface area (Å²) in [6, 6.07) is 3.61. The van der Waals surface area contributed by atoms with Crippen LogP contribution in [0.5, 0.6) is 17.2 Å². The highest BCUT2D eigenvalue weighted by molar-refractivity contribution is 5.65. The van der Waals surface area contributed by atoms with Crippen molar-refractivity contribution < 1.29 is 19.4 Å². The molecule has 0 saturated heterocycles. The Hall–Kier alpha value is -3.76. The largest absolute Gasteiger partial charge is 0.493 e. The van der Waals surface area contributed by atoms with Crippen molar-refractivity contribution in [2.24, 2.45) is 0 Å². The molecule has 0 amide bonds. The minimum Gasteiger partial charge on any atom is -0.493 e. The molecule has 11 nitrogen and oxygen atoms in total. The van der Waals surface area contributed by atoms with Crippen molar-refractivity contribution in [1.29, 1.82) is 5.41 Å². The van der Waals surface area contributed by atoms with Gasteiger partial charge in [-0.2, -0.15) is 14.7 Å². The molecule has 2 aliphatic rings. The van der Waals surface area contributed by atoms with Crippen LogP contribution >= 0.6 is 0 Å². The fraction of sp³-hybridized carbons (Fsp3) is 0.294. The molecule has 1 aromatic rings. The summed E-state index contributed by atoms with van der Waals surface area (Å²) < 4.78 is 16.9. The minimum atomic E-state index is -0.295. The molecule has 0 atom stereocenters. The molecular formula is C17H21N7O4. The van der Waals surface area contributed by atoms with Crippen LogP contribution < -0.4 is 30.5 Å². The number of benzene rings is 1. The first kappa shape index (κ1) is 19.0. The smallest absolute Gasteiger partial charge is 0.246 e. The van der Waals surface area contributed by atoms with Crippen LogP contribution in [0.2, 0.25) is 0 Å². The SMILES string of the molecule is COc1cc(N(C)Cc2cn(O)c3nc(=N)nc(N)c-3n2)cc(OC)c1OC. The van der Waals surface area contributed by atoms with Crippen molar-refractivity contribution in [2.45, 2.75) is 6.54 Å². The average molecular weight is 387 g/mol. The molecule has 0 aliphatic carbocycles. The second-order valence-corrected chi connectivity index (χ2v) is 5.92. The first-order chi connectivity index (χ1) is 13.4. The molecule has 0 fully saturated rings. The zero-order valence-corrected chi connectivity index (χ0v) is 15.9. The van der Waals surface area contributed by atoms with E-state index in [-0.39, 0.29) is 23.0 Å². The van der Waals surface area contributed by atoms with E-state index in [1.54, 1.807) is 26.4 Å². The molecule has 0 bridgehead atoms. The second-order valence-electron chi connectivity index (χ2n) is 5.92. The number of nitrogen functional groups attached to an aromatic ring is 1. The van der Waals surface area contributed by atoms with Gasteiger partial charge < -0.3 is 30.1 Å². The second kappa shape index (κ2) is 7.47. The third kappa shape index (κ3) is 3.41. The van der Waals surface area contributed by atoms with Gasteiger partial charge in [0.1, 0.15) is 0 Å². The van der Waals surface area contributed by atoms with Crippen molar-refractivity contribution in [3.63, 3.8) is 0 Å². The summed E-state index contributed by atoms with van der Waals surface area (Å²) in [4.78, 5) is 13.9. The molecule has 11 heteroatoms. The van der Waals surface area contributed by atoms with Gasteiger partial charge in [-0.05, 0) is 0 Å². The number of nitrogens with zero attached hydrogens (tertiary/aromatic N) is 5. The van der Waals surface area contributed by atoms with E-state index < -0.39 is 0 Å². The van der Waals surface area contributed by atoms with E-state index in [1.807, 2.05) is 11.9 Å². The predicted molar refractivity (Wildman–Crippen MR) is 100 cm³/mol. The number of methoxy groups -OCH3 is 3. The van der Waals surface area contributed by atoms with Crippen molar-refractivity contribution in [3.8, 4) is 28.8 Å². The van der Waals surface area contributed by atoms with Crippen LogP contribution in [0.25, 0.3) is 11.5 Å². The standard InChI is InChI=1S/C17H21N7O4/c1-23(10-5-11(26-2)14(28-4)12(6-10)27-3)7-9-8-24(25)16-13(20-9)15(18)21-17(19)22-16/h5-6,8,25H,7H2,1-4H3,(H3,18,19,21). The van der Waals surface area contributed by atoms with Crippen LogP contribution in [0.4, 0.5) is 11.5 Å². The highest BCUT2D eigenvalue weighted by atomic mass is 16.5. The number of ether oxygens (including phenoxy) is 3. The molecule has 2 heterocycles. The Kier molecular flexibility index (Phi) is 5.07. The fourth-order valence-corrected chi connectivity index (χ4v) is 2.80. The third-order valence-electron chi connectivity index (χ3n) is 4.13. The molecule has 1 aromatic carbocycles. The average Bonchev–Trinajstić information content (AvgIpc) is 2.67. The molecule has 3 rings (SSSR count). The molecule has 2 aliphatic heterocycles. The lowest BCUT2D eigenvalue weighted by atomic mass is 10.2. The topological polar surface area (TPSA) is 145 Å². The molecule has 28 heavy (non-hydrogen) atoms. The van der Waals surface area contributed by atoms with Crippen LogP contribution in [-0.4, -0.2) is 53.3 Å². The van der Waals surface area contributed by atoms with E-state index >= 15 is 0 Å². The summed E-state index contributed by atoms with van der Waals surface area (Å²) in [5.74, 6) is 1.63. The van der Waals surface area contributed by atoms with Crippen LogP contribution in [0.15, 0.2) is 18.3 Å². The van der Waals surface area contributed by atoms with Crippen molar-refractivity contribution in [2.75, 3.05) is 39.0 Å². The van der Waals surface area contributed by atoms with E-state index in [0.717, 1.165) is 10.4 Å². The monoisotopic (exact) mass is 387 g/mol. The summed E-state index contributed by atoms with van der Waals surface area (Å²) in [6.07, 6.45) is 1.41. The van der Waals surface area contributed by atoms with Gasteiger partial charge in [0, 0.05) is 24.9 Å². The summed E-state index contributed by atoms with van der Waals surface area (Å²) in [6.45, 7) is 0.331. The van der Waals surface area contributed by atoms with Crippen molar-refractivity contribution >= 4 is 11.5 Å². The molecule has 0 spiro atoms. The number of fused-ring (bicyclic) bond motifs is 1. The molecule has 148 valence electrons. The van der Waals surface area contributed by atoms with Crippen LogP contribution in [0.1, 0.15) is 5.69 Å². The van der Waals surface area contributed by atoms with Gasteiger partial charge in [-0.25, -0.2) is 4.98 Å². The van der Waals surface area contributed by atoms with Gasteiger partial charge >= 0.3 is 0 Å². The Bertz CT molecular complexity index is 1010. The summed E-state index contributed by atoms with van der Waals surface area (Å²) in [5, 5.41) is 17.7. The van der Waals surface area contributed by atoms with E-state index in [0.29, 0.717) is 29.5 Å². The summed E-state index contributed by atoms with van der Waals surface area (Å²) in [7, 11) is 6.48. The van der Waals surface area contributed by atoms with Crippen molar-refractivity contribution in [3.05, 3.63) is 29.6 Å². The molecule has 0 unspecified atom stereocenters. The first-order valence-corrected chi connectivity index (χ1v) is 8.18. The maximum Gasteiger partial charge on any atom is 0.246 e. The van der Waals surface area contributed by atoms with Gasteiger partial charge in [0.25, 0.3) is 0 Å². The van der Waals surface area contributed by atoms with Gasteiger partial charge in [-0.15, -0.1) is 0 Å². The Balaban J connectivity index is 1.99. The number of rotatable bonds is 6. The lowest BCUT2D eigenvalue weighted by molar-refractivity contribution is 0.184. The Morgan fingerprint density at radius 3 is 2.32 bits per heavy atom. The molecular weight excluding hydrogens is 366 g/mol. The number of hydrogen-bond donors (Lipinski definition) is 3. The Labute approximate surface area is 160 Å². The highest BCUT2D eigenvalue weighted by Gasteiger charge is 2.19. The first-order valence-electron chi connectivity index (χ1n) is 8.18. The quantitative estimate of drug-likeness (QED) is 0.521. The molecule has 0 aromatic heterocycles. The summed E-state index contributed by atoms with van der Waals surface area (Å²) in [5.41, 5.74) is 7.05. The molecule has 4 N–H and O–H groups in total. The van der Waals surface area contributed by atoms with E-state index in [9.17, 15) is 5.21 Å². The number of nitrogens with two attached hydrogens (primary N) is 1. The number of nitrogens with one attached hydrogen (secondary N) is 1. The molecule has 0 saturated carbocycles. The zero-order valence-electron chi connectivity index (χ0n) is 15.9. The minimum absolute atomic E-state index is 0.0232. The predicted octanol–water partition coefficient (Wildman–Crippen LogP) is 0.739. The Morgan fingerprint density at radius 2 is 1.75 bits per heavy atom. The van der Waals surface area contributed by atoms with Gasteiger partial charge in [0.15, 0.2) is 23.0 Å². The number of anilines is 2.